The third-order valence-corrected chi connectivity index (χ3v) is 3.80. The second kappa shape index (κ2) is 5.69. The molecule has 3 aromatic rings. The largest absolute Gasteiger partial charge is 0.493 e. The molecular formula is C15H10ClN3O4. The number of nitro benzene ring substituents is 1. The summed E-state index contributed by atoms with van der Waals surface area (Å²) in [5.74, 6) is -0.328. The number of halogens is 1. The van der Waals surface area contributed by atoms with Crippen molar-refractivity contribution < 1.29 is 10.0 Å². The van der Waals surface area contributed by atoms with Gasteiger partial charge in [0.1, 0.15) is 0 Å². The Bertz CT molecular complexity index is 919. The van der Waals surface area contributed by atoms with Gasteiger partial charge < -0.3 is 9.67 Å². The number of rotatable bonds is 4. The summed E-state index contributed by atoms with van der Waals surface area (Å²) in [5, 5.41) is 24.7. The highest BCUT2D eigenvalue weighted by atomic mass is 35.5. The lowest BCUT2D eigenvalue weighted by atomic mass is 10.2. The first-order chi connectivity index (χ1) is 11.0. The molecule has 0 unspecified atom stereocenters. The molecule has 0 saturated heterocycles. The topological polar surface area (TPSA) is 97.7 Å². The predicted octanol–water partition coefficient (Wildman–Crippen LogP) is 4.35. The van der Waals surface area contributed by atoms with E-state index in [1.165, 1.54) is 22.8 Å². The first kappa shape index (κ1) is 15.0. The van der Waals surface area contributed by atoms with E-state index in [0.29, 0.717) is 10.5 Å². The van der Waals surface area contributed by atoms with Crippen molar-refractivity contribution in [2.24, 2.45) is 5.18 Å². The van der Waals surface area contributed by atoms with Crippen LogP contribution in [-0.4, -0.2) is 14.6 Å². The maximum Gasteiger partial charge on any atom is 0.270 e. The van der Waals surface area contributed by atoms with E-state index < -0.39 is 4.92 Å². The minimum Gasteiger partial charge on any atom is -0.493 e. The standard InChI is InChI=1S/C15H10ClN3O4/c16-10-3-1-9(2-4-10)8-18-13-6-5-11(19(22)23)7-12(13)14(17-21)15(18)20/h1-7,20H,8H2. The summed E-state index contributed by atoms with van der Waals surface area (Å²) >= 11 is 5.84. The van der Waals surface area contributed by atoms with Crippen LogP contribution in [0.1, 0.15) is 5.56 Å². The number of hydrogen-bond donors (Lipinski definition) is 1. The Balaban J connectivity index is 2.16. The van der Waals surface area contributed by atoms with Gasteiger partial charge in [0.25, 0.3) is 5.69 Å². The maximum atomic E-state index is 11.0. The molecule has 0 atom stereocenters. The van der Waals surface area contributed by atoms with E-state index in [1.54, 1.807) is 24.3 Å². The van der Waals surface area contributed by atoms with E-state index in [-0.39, 0.29) is 29.2 Å². The van der Waals surface area contributed by atoms with Gasteiger partial charge in [-0.25, -0.2) is 0 Å². The number of aromatic hydroxyl groups is 1. The van der Waals surface area contributed by atoms with Gasteiger partial charge in [0.15, 0.2) is 5.69 Å². The van der Waals surface area contributed by atoms with E-state index in [1.807, 2.05) is 0 Å². The average Bonchev–Trinajstić information content (AvgIpc) is 2.80. The van der Waals surface area contributed by atoms with Crippen LogP contribution in [0.2, 0.25) is 5.02 Å². The molecule has 0 aliphatic carbocycles. The number of hydrogen-bond acceptors (Lipinski definition) is 5. The first-order valence-electron chi connectivity index (χ1n) is 6.58. The van der Waals surface area contributed by atoms with Gasteiger partial charge in [0.05, 0.1) is 17.0 Å². The molecule has 0 aliphatic heterocycles. The Labute approximate surface area is 134 Å². The molecule has 1 N–H and O–H groups in total. The fraction of sp³-hybridized carbons (Fsp3) is 0.0667. The van der Waals surface area contributed by atoms with Crippen LogP contribution in [0, 0.1) is 15.0 Å². The lowest BCUT2D eigenvalue weighted by molar-refractivity contribution is -0.384. The molecule has 0 spiro atoms. The van der Waals surface area contributed by atoms with Crippen molar-refractivity contribution >= 4 is 33.9 Å². The molecule has 3 rings (SSSR count). The normalized spacial score (nSPS) is 10.8. The zero-order valence-corrected chi connectivity index (χ0v) is 12.4. The van der Waals surface area contributed by atoms with E-state index in [2.05, 4.69) is 5.18 Å². The van der Waals surface area contributed by atoms with Crippen molar-refractivity contribution in [2.45, 2.75) is 6.54 Å². The Morgan fingerprint density at radius 3 is 2.52 bits per heavy atom. The summed E-state index contributed by atoms with van der Waals surface area (Å²) in [5.41, 5.74) is 0.943. The predicted molar refractivity (Wildman–Crippen MR) is 86.3 cm³/mol. The molecule has 0 radical (unpaired) electrons. The smallest absolute Gasteiger partial charge is 0.270 e. The molecule has 7 nitrogen and oxygen atoms in total. The summed E-state index contributed by atoms with van der Waals surface area (Å²) in [6.07, 6.45) is 0. The Morgan fingerprint density at radius 1 is 1.22 bits per heavy atom. The molecule has 1 aromatic heterocycles. The van der Waals surface area contributed by atoms with Crippen molar-refractivity contribution in [3.63, 3.8) is 0 Å². The van der Waals surface area contributed by atoms with Crippen molar-refractivity contribution in [1.29, 1.82) is 0 Å². The zero-order valence-electron chi connectivity index (χ0n) is 11.6. The highest BCUT2D eigenvalue weighted by Crippen LogP contribution is 2.40. The molecule has 0 bridgehead atoms. The summed E-state index contributed by atoms with van der Waals surface area (Å²) in [4.78, 5) is 21.3. The minimum absolute atomic E-state index is 0.175. The van der Waals surface area contributed by atoms with Crippen LogP contribution < -0.4 is 0 Å². The fourth-order valence-electron chi connectivity index (χ4n) is 2.45. The molecular weight excluding hydrogens is 322 g/mol. The summed E-state index contributed by atoms with van der Waals surface area (Å²) in [6.45, 7) is 0.271. The number of nitroso groups, excluding NO2 is 1. The van der Waals surface area contributed by atoms with Crippen molar-refractivity contribution in [2.75, 3.05) is 0 Å². The van der Waals surface area contributed by atoms with Crippen LogP contribution in [0.15, 0.2) is 47.6 Å². The van der Waals surface area contributed by atoms with Gasteiger partial charge in [-0.2, -0.15) is 0 Å². The van der Waals surface area contributed by atoms with Crippen LogP contribution >= 0.6 is 11.6 Å². The third kappa shape index (κ3) is 2.62. The van der Waals surface area contributed by atoms with Gasteiger partial charge in [-0.1, -0.05) is 23.7 Å². The van der Waals surface area contributed by atoms with Crippen LogP contribution in [-0.2, 0) is 6.54 Å². The van der Waals surface area contributed by atoms with Crippen molar-refractivity contribution in [1.82, 2.24) is 4.57 Å². The quantitative estimate of drug-likeness (QED) is 0.436. The van der Waals surface area contributed by atoms with E-state index in [4.69, 9.17) is 11.6 Å². The number of fused-ring (bicyclic) bond motifs is 1. The molecule has 0 aliphatic rings. The van der Waals surface area contributed by atoms with E-state index >= 15 is 0 Å². The van der Waals surface area contributed by atoms with E-state index in [9.17, 15) is 20.1 Å². The van der Waals surface area contributed by atoms with E-state index in [0.717, 1.165) is 5.56 Å². The van der Waals surface area contributed by atoms with Gasteiger partial charge >= 0.3 is 0 Å². The van der Waals surface area contributed by atoms with Gasteiger partial charge in [-0.05, 0) is 28.9 Å². The Morgan fingerprint density at radius 2 is 1.91 bits per heavy atom. The second-order valence-electron chi connectivity index (χ2n) is 4.93. The highest BCUT2D eigenvalue weighted by Gasteiger charge is 2.20. The minimum atomic E-state index is -0.568. The Hall–Kier alpha value is -2.93. The first-order valence-corrected chi connectivity index (χ1v) is 6.96. The van der Waals surface area contributed by atoms with Gasteiger partial charge in [-0.15, -0.1) is 4.91 Å². The molecule has 8 heteroatoms. The number of non-ortho nitro benzene ring substituents is 1. The number of nitro groups is 1. The molecule has 0 amide bonds. The van der Waals surface area contributed by atoms with Crippen LogP contribution in [0.5, 0.6) is 5.88 Å². The van der Waals surface area contributed by atoms with Crippen LogP contribution in [0.25, 0.3) is 10.9 Å². The molecule has 23 heavy (non-hydrogen) atoms. The monoisotopic (exact) mass is 331 g/mol. The molecule has 2 aromatic carbocycles. The SMILES string of the molecule is O=Nc1c(O)n(Cc2ccc(Cl)cc2)c2ccc([N+](=O)[O-])cc12. The van der Waals surface area contributed by atoms with Gasteiger partial charge in [-0.3, -0.25) is 10.1 Å². The number of aromatic nitrogens is 1. The molecule has 1 heterocycles. The molecule has 116 valence electrons. The van der Waals surface area contributed by atoms with Gasteiger partial charge in [0.2, 0.25) is 5.88 Å². The van der Waals surface area contributed by atoms with Crippen molar-refractivity contribution in [3.05, 3.63) is 68.1 Å². The third-order valence-electron chi connectivity index (χ3n) is 3.55. The Kier molecular flexibility index (Phi) is 3.71. The van der Waals surface area contributed by atoms with Crippen molar-refractivity contribution in [3.8, 4) is 5.88 Å². The summed E-state index contributed by atoms with van der Waals surface area (Å²) < 4.78 is 1.47. The summed E-state index contributed by atoms with van der Waals surface area (Å²) in [6, 6.07) is 11.0. The molecule has 0 fully saturated rings. The summed E-state index contributed by atoms with van der Waals surface area (Å²) in [7, 11) is 0. The lowest BCUT2D eigenvalue weighted by Gasteiger charge is -2.07. The number of benzene rings is 2. The fourth-order valence-corrected chi connectivity index (χ4v) is 2.57. The average molecular weight is 332 g/mol. The maximum absolute atomic E-state index is 11.0. The molecule has 0 saturated carbocycles. The van der Waals surface area contributed by atoms with Gasteiger partial charge in [0, 0.05) is 22.5 Å². The lowest BCUT2D eigenvalue weighted by Crippen LogP contribution is -1.98. The highest BCUT2D eigenvalue weighted by molar-refractivity contribution is 6.30. The second-order valence-corrected chi connectivity index (χ2v) is 5.37. The van der Waals surface area contributed by atoms with Crippen LogP contribution in [0.3, 0.4) is 0 Å². The zero-order chi connectivity index (χ0) is 16.6. The number of nitrogens with zero attached hydrogens (tertiary/aromatic N) is 3. The van der Waals surface area contributed by atoms with Crippen LogP contribution in [0.4, 0.5) is 11.4 Å².